The smallest absolute Gasteiger partial charge is 0.178 e. The average molecular weight is 214 g/mol. The number of nitrogens with zero attached hydrogens (tertiary/aromatic N) is 1. The van der Waals surface area contributed by atoms with Crippen LogP contribution in [0.15, 0.2) is 18.3 Å². The van der Waals surface area contributed by atoms with Crippen LogP contribution in [0.4, 0.5) is 0 Å². The van der Waals surface area contributed by atoms with Crippen LogP contribution in [0.1, 0.15) is 23.0 Å². The Bertz CT molecular complexity index is 273. The third-order valence-electron chi connectivity index (χ3n) is 1.34. The molecule has 0 aliphatic heterocycles. The van der Waals surface area contributed by atoms with Crippen molar-refractivity contribution in [3.05, 3.63) is 29.6 Å². The van der Waals surface area contributed by atoms with Crippen LogP contribution in [0.5, 0.6) is 0 Å². The largest absolute Gasteiger partial charge is 0.293 e. The van der Waals surface area contributed by atoms with Crippen LogP contribution in [0, 0.1) is 0 Å². The van der Waals surface area contributed by atoms with Gasteiger partial charge in [-0.05, 0) is 17.7 Å². The molecule has 0 saturated carbocycles. The Kier molecular flexibility index (Phi) is 2.76. The number of carbonyl (C=O) groups is 1. The fourth-order valence-corrected chi connectivity index (χ4v) is 1.10. The standard InChI is InChI=1S/C8H8BrNO/c1-6(11)8-4-7(5-9)2-3-10-8/h2-4H,5H2,1H3. The Hall–Kier alpha value is -0.700. The molecule has 0 aliphatic rings. The Balaban J connectivity index is 3.01. The lowest BCUT2D eigenvalue weighted by molar-refractivity contribution is 0.101. The number of ketones is 1. The molecule has 0 atom stereocenters. The number of halogens is 1. The van der Waals surface area contributed by atoms with Crippen molar-refractivity contribution in [2.45, 2.75) is 12.3 Å². The molecule has 0 aromatic carbocycles. The van der Waals surface area contributed by atoms with Gasteiger partial charge in [0.05, 0.1) is 0 Å². The number of alkyl halides is 1. The fourth-order valence-electron chi connectivity index (χ4n) is 0.750. The molecule has 0 fully saturated rings. The summed E-state index contributed by atoms with van der Waals surface area (Å²) in [6, 6.07) is 3.66. The van der Waals surface area contributed by atoms with Crippen LogP contribution in [-0.4, -0.2) is 10.8 Å². The molecule has 0 bridgehead atoms. The van der Waals surface area contributed by atoms with E-state index in [1.807, 2.05) is 6.07 Å². The zero-order valence-electron chi connectivity index (χ0n) is 6.17. The number of hydrogen-bond acceptors (Lipinski definition) is 2. The van der Waals surface area contributed by atoms with E-state index in [-0.39, 0.29) is 5.78 Å². The minimum absolute atomic E-state index is 0.00722. The first-order chi connectivity index (χ1) is 5.24. The minimum Gasteiger partial charge on any atom is -0.293 e. The highest BCUT2D eigenvalue weighted by atomic mass is 79.9. The van der Waals surface area contributed by atoms with Gasteiger partial charge in [0.25, 0.3) is 0 Å². The first-order valence-electron chi connectivity index (χ1n) is 3.26. The molecule has 0 radical (unpaired) electrons. The number of rotatable bonds is 2. The molecule has 3 heteroatoms. The maximum atomic E-state index is 10.8. The molecule has 1 rings (SSSR count). The zero-order valence-corrected chi connectivity index (χ0v) is 7.76. The first kappa shape index (κ1) is 8.40. The normalized spacial score (nSPS) is 9.64. The topological polar surface area (TPSA) is 30.0 Å². The van der Waals surface area contributed by atoms with Crippen molar-refractivity contribution < 1.29 is 4.79 Å². The van der Waals surface area contributed by atoms with Crippen molar-refractivity contribution in [1.82, 2.24) is 4.98 Å². The van der Waals surface area contributed by atoms with Crippen LogP contribution < -0.4 is 0 Å². The van der Waals surface area contributed by atoms with E-state index in [9.17, 15) is 4.79 Å². The van der Waals surface area contributed by atoms with E-state index >= 15 is 0 Å². The van der Waals surface area contributed by atoms with Crippen LogP contribution in [0.25, 0.3) is 0 Å². The molecule has 0 amide bonds. The van der Waals surface area contributed by atoms with E-state index in [0.717, 1.165) is 10.9 Å². The predicted molar refractivity (Wildman–Crippen MR) is 46.9 cm³/mol. The van der Waals surface area contributed by atoms with Gasteiger partial charge in [-0.2, -0.15) is 0 Å². The predicted octanol–water partition coefficient (Wildman–Crippen LogP) is 2.18. The van der Waals surface area contributed by atoms with E-state index in [2.05, 4.69) is 20.9 Å². The lowest BCUT2D eigenvalue weighted by atomic mass is 10.2. The monoisotopic (exact) mass is 213 g/mol. The second-order valence-electron chi connectivity index (χ2n) is 2.24. The highest BCUT2D eigenvalue weighted by molar-refractivity contribution is 9.08. The van der Waals surface area contributed by atoms with Crippen molar-refractivity contribution in [3.8, 4) is 0 Å². The maximum absolute atomic E-state index is 10.8. The Morgan fingerprint density at radius 3 is 3.00 bits per heavy atom. The number of carbonyl (C=O) groups excluding carboxylic acids is 1. The molecule has 1 aromatic rings. The van der Waals surface area contributed by atoms with Gasteiger partial charge in [0.2, 0.25) is 0 Å². The van der Waals surface area contributed by atoms with Crippen LogP contribution in [-0.2, 0) is 5.33 Å². The number of aromatic nitrogens is 1. The van der Waals surface area contributed by atoms with Gasteiger partial charge in [0.15, 0.2) is 5.78 Å². The highest BCUT2D eigenvalue weighted by Crippen LogP contribution is 2.06. The van der Waals surface area contributed by atoms with E-state index in [0.29, 0.717) is 5.69 Å². The quantitative estimate of drug-likeness (QED) is 0.557. The molecule has 0 spiro atoms. The molecular formula is C8H8BrNO. The summed E-state index contributed by atoms with van der Waals surface area (Å²) in [4.78, 5) is 14.8. The summed E-state index contributed by atoms with van der Waals surface area (Å²) < 4.78 is 0. The molecule has 2 nitrogen and oxygen atoms in total. The lowest BCUT2D eigenvalue weighted by Crippen LogP contribution is -1.96. The minimum atomic E-state index is 0.00722. The van der Waals surface area contributed by atoms with Crippen molar-refractivity contribution >= 4 is 21.7 Å². The summed E-state index contributed by atoms with van der Waals surface area (Å²) in [5.41, 5.74) is 1.60. The molecule has 0 N–H and O–H groups in total. The summed E-state index contributed by atoms with van der Waals surface area (Å²) in [6.07, 6.45) is 1.65. The maximum Gasteiger partial charge on any atom is 0.178 e. The molecule has 11 heavy (non-hydrogen) atoms. The van der Waals surface area contributed by atoms with E-state index in [1.54, 1.807) is 12.3 Å². The van der Waals surface area contributed by atoms with Gasteiger partial charge in [-0.25, -0.2) is 0 Å². The third kappa shape index (κ3) is 2.12. The molecule has 1 heterocycles. The fraction of sp³-hybridized carbons (Fsp3) is 0.250. The van der Waals surface area contributed by atoms with Crippen molar-refractivity contribution in [3.63, 3.8) is 0 Å². The lowest BCUT2D eigenvalue weighted by Gasteiger charge is -1.96. The van der Waals surface area contributed by atoms with Gasteiger partial charge in [0.1, 0.15) is 5.69 Å². The molecule has 1 aromatic heterocycles. The van der Waals surface area contributed by atoms with Gasteiger partial charge < -0.3 is 0 Å². The van der Waals surface area contributed by atoms with Gasteiger partial charge in [0, 0.05) is 18.5 Å². The Morgan fingerprint density at radius 1 is 1.73 bits per heavy atom. The first-order valence-corrected chi connectivity index (χ1v) is 4.38. The second-order valence-corrected chi connectivity index (χ2v) is 2.80. The van der Waals surface area contributed by atoms with E-state index < -0.39 is 0 Å². The molecular weight excluding hydrogens is 206 g/mol. The molecule has 58 valence electrons. The van der Waals surface area contributed by atoms with Gasteiger partial charge >= 0.3 is 0 Å². The van der Waals surface area contributed by atoms with E-state index in [1.165, 1.54) is 6.92 Å². The highest BCUT2D eigenvalue weighted by Gasteiger charge is 1.99. The van der Waals surface area contributed by atoms with Gasteiger partial charge in [-0.3, -0.25) is 9.78 Å². The molecule has 0 saturated heterocycles. The Labute approximate surface area is 73.8 Å². The van der Waals surface area contributed by atoms with Crippen LogP contribution in [0.3, 0.4) is 0 Å². The van der Waals surface area contributed by atoms with Crippen molar-refractivity contribution in [2.24, 2.45) is 0 Å². The number of hydrogen-bond donors (Lipinski definition) is 0. The van der Waals surface area contributed by atoms with Gasteiger partial charge in [-0.1, -0.05) is 15.9 Å². The van der Waals surface area contributed by atoms with Gasteiger partial charge in [-0.15, -0.1) is 0 Å². The summed E-state index contributed by atoms with van der Waals surface area (Å²) in [6.45, 7) is 1.51. The second kappa shape index (κ2) is 3.62. The van der Waals surface area contributed by atoms with E-state index in [4.69, 9.17) is 0 Å². The SMILES string of the molecule is CC(=O)c1cc(CBr)ccn1. The zero-order chi connectivity index (χ0) is 8.27. The average Bonchev–Trinajstić information content (AvgIpc) is 2.05. The molecule has 0 unspecified atom stereocenters. The summed E-state index contributed by atoms with van der Waals surface area (Å²) >= 11 is 3.30. The number of pyridine rings is 1. The third-order valence-corrected chi connectivity index (χ3v) is 1.99. The Morgan fingerprint density at radius 2 is 2.45 bits per heavy atom. The summed E-state index contributed by atoms with van der Waals surface area (Å²) in [7, 11) is 0. The van der Waals surface area contributed by atoms with Crippen LogP contribution in [0.2, 0.25) is 0 Å². The van der Waals surface area contributed by atoms with Crippen molar-refractivity contribution in [2.75, 3.05) is 0 Å². The van der Waals surface area contributed by atoms with Crippen molar-refractivity contribution in [1.29, 1.82) is 0 Å². The molecule has 0 aliphatic carbocycles. The summed E-state index contributed by atoms with van der Waals surface area (Å²) in [5.74, 6) is 0.00722. The summed E-state index contributed by atoms with van der Waals surface area (Å²) in [5, 5.41) is 0.760. The van der Waals surface area contributed by atoms with Crippen LogP contribution >= 0.6 is 15.9 Å². The number of Topliss-reactive ketones (excluding diaryl/α,β-unsaturated/α-hetero) is 1.